The van der Waals surface area contributed by atoms with Gasteiger partial charge in [0, 0.05) is 0 Å². The summed E-state index contributed by atoms with van der Waals surface area (Å²) in [5.41, 5.74) is 0. The van der Waals surface area contributed by atoms with Crippen molar-refractivity contribution in [3.63, 3.8) is 0 Å². The molecule has 0 atom stereocenters. The van der Waals surface area contributed by atoms with E-state index in [9.17, 15) is 31.1 Å². The average molecular weight is 209 g/mol. The lowest BCUT2D eigenvalue weighted by molar-refractivity contribution is -0.143. The van der Waals surface area contributed by atoms with Crippen LogP contribution < -0.4 is 5.32 Å². The van der Waals surface area contributed by atoms with E-state index in [4.69, 9.17) is 0 Å². The molecule has 0 aromatic carbocycles. The maximum Gasteiger partial charge on any atom is 0.324 e. The minimum absolute atomic E-state index is 0.985. The van der Waals surface area contributed by atoms with Gasteiger partial charge in [-0.1, -0.05) is 0 Å². The van der Waals surface area contributed by atoms with Gasteiger partial charge in [0.15, 0.2) is 0 Å². The van der Waals surface area contributed by atoms with E-state index >= 15 is 0 Å². The van der Waals surface area contributed by atoms with E-state index in [-0.39, 0.29) is 0 Å². The van der Waals surface area contributed by atoms with E-state index in [0.29, 0.717) is 0 Å². The lowest BCUT2D eigenvalue weighted by Gasteiger charge is -2.15. The van der Waals surface area contributed by atoms with E-state index in [1.54, 1.807) is 0 Å². The predicted molar refractivity (Wildman–Crippen MR) is 30.0 cm³/mol. The third-order valence-corrected chi connectivity index (χ3v) is 1.02. The molecule has 0 rings (SSSR count). The first-order valence-electron chi connectivity index (χ1n) is 2.99. The Morgan fingerprint density at radius 1 is 1.23 bits per heavy atom. The Balaban J connectivity index is 3.95. The fourth-order valence-electron chi connectivity index (χ4n) is 0.359. The first-order valence-corrected chi connectivity index (χ1v) is 2.99. The molecule has 0 saturated carbocycles. The topological polar surface area (TPSA) is 29.1 Å². The van der Waals surface area contributed by atoms with E-state index in [0.717, 1.165) is 5.32 Å². The number of halogens is 6. The van der Waals surface area contributed by atoms with Gasteiger partial charge in [0.05, 0.1) is 6.54 Å². The molecule has 0 unspecified atom stereocenters. The molecule has 8 heteroatoms. The Kier molecular flexibility index (Phi) is 4.02. The van der Waals surface area contributed by atoms with E-state index in [1.807, 2.05) is 0 Å². The number of carbonyl (C=O) groups is 1. The number of carbonyl (C=O) groups excluding carboxylic acids is 1. The van der Waals surface area contributed by atoms with Gasteiger partial charge in [-0.25, -0.2) is 8.78 Å². The second-order valence-electron chi connectivity index (χ2n) is 2.08. The molecule has 0 aromatic heterocycles. The minimum Gasteiger partial charge on any atom is -0.345 e. The zero-order valence-corrected chi connectivity index (χ0v) is 6.04. The van der Waals surface area contributed by atoms with Crippen molar-refractivity contribution in [3.05, 3.63) is 0 Å². The molecule has 0 bridgehead atoms. The fourth-order valence-corrected chi connectivity index (χ4v) is 0.359. The van der Waals surface area contributed by atoms with E-state index in [1.165, 1.54) is 0 Å². The van der Waals surface area contributed by atoms with Crippen LogP contribution in [0.25, 0.3) is 0 Å². The summed E-state index contributed by atoms with van der Waals surface area (Å²) in [6, 6.07) is 0. The highest BCUT2D eigenvalue weighted by atomic mass is 19.3. The van der Waals surface area contributed by atoms with Crippen LogP contribution in [0.3, 0.4) is 0 Å². The highest BCUT2D eigenvalue weighted by Gasteiger charge is 2.41. The fraction of sp³-hybridized carbons (Fsp3) is 0.800. The monoisotopic (exact) mass is 209 g/mol. The van der Waals surface area contributed by atoms with Gasteiger partial charge in [-0.2, -0.15) is 17.6 Å². The van der Waals surface area contributed by atoms with E-state index in [2.05, 4.69) is 0 Å². The van der Waals surface area contributed by atoms with Crippen LogP contribution in [0.2, 0.25) is 0 Å². The summed E-state index contributed by atoms with van der Waals surface area (Å²) in [6.45, 7) is -1.80. The van der Waals surface area contributed by atoms with Gasteiger partial charge >= 0.3 is 18.8 Å². The van der Waals surface area contributed by atoms with Crippen LogP contribution in [0.1, 0.15) is 0 Å². The van der Waals surface area contributed by atoms with Crippen LogP contribution in [0.5, 0.6) is 0 Å². The number of hydrogen-bond donors (Lipinski definition) is 1. The zero-order chi connectivity index (χ0) is 10.6. The molecule has 1 amide bonds. The second kappa shape index (κ2) is 4.33. The summed E-state index contributed by atoms with van der Waals surface area (Å²) in [4.78, 5) is 9.97. The van der Waals surface area contributed by atoms with Crippen LogP contribution in [-0.2, 0) is 4.79 Å². The summed E-state index contributed by atoms with van der Waals surface area (Å²) < 4.78 is 69.4. The first-order chi connectivity index (χ1) is 5.77. The molecule has 0 spiro atoms. The number of hydrogen-bond acceptors (Lipinski definition) is 1. The van der Waals surface area contributed by atoms with Crippen LogP contribution >= 0.6 is 0 Å². The maximum atomic E-state index is 12.0. The molecule has 0 fully saturated rings. The van der Waals surface area contributed by atoms with Crippen LogP contribution in [-0.4, -0.2) is 31.2 Å². The van der Waals surface area contributed by atoms with Gasteiger partial charge < -0.3 is 5.32 Å². The van der Waals surface area contributed by atoms with Gasteiger partial charge in [-0.3, -0.25) is 4.79 Å². The third-order valence-electron chi connectivity index (χ3n) is 1.02. The van der Waals surface area contributed by atoms with Gasteiger partial charge in [0.25, 0.3) is 5.91 Å². The van der Waals surface area contributed by atoms with Gasteiger partial charge in [-0.15, -0.1) is 0 Å². The predicted octanol–water partition coefficient (Wildman–Crippen LogP) is 1.27. The van der Waals surface area contributed by atoms with Crippen molar-refractivity contribution >= 4 is 5.91 Å². The van der Waals surface area contributed by atoms with Crippen molar-refractivity contribution in [2.45, 2.75) is 18.8 Å². The molecule has 0 aliphatic carbocycles. The first kappa shape index (κ1) is 12.0. The Morgan fingerprint density at radius 3 is 2.00 bits per heavy atom. The molecule has 2 nitrogen and oxygen atoms in total. The highest BCUT2D eigenvalue weighted by Crippen LogP contribution is 2.21. The highest BCUT2D eigenvalue weighted by molar-refractivity contribution is 5.79. The summed E-state index contributed by atoms with van der Waals surface area (Å²) in [6.07, 6.45) is -7.49. The molecule has 78 valence electrons. The van der Waals surface area contributed by atoms with Crippen LogP contribution in [0.15, 0.2) is 0 Å². The van der Waals surface area contributed by atoms with Crippen LogP contribution in [0, 0.1) is 0 Å². The quantitative estimate of drug-likeness (QED) is 0.694. The molecule has 1 N–H and O–H groups in total. The van der Waals surface area contributed by atoms with Crippen molar-refractivity contribution in [2.24, 2.45) is 0 Å². The number of alkyl halides is 6. The van der Waals surface area contributed by atoms with Gasteiger partial charge in [0.2, 0.25) is 0 Å². The molecular formula is C5H5F6NO. The van der Waals surface area contributed by atoms with Crippen molar-refractivity contribution < 1.29 is 31.1 Å². The Labute approximate surface area is 68.9 Å². The molecule has 13 heavy (non-hydrogen) atoms. The molecular weight excluding hydrogens is 204 g/mol. The van der Waals surface area contributed by atoms with Crippen molar-refractivity contribution in [2.75, 3.05) is 6.54 Å². The lowest BCUT2D eigenvalue weighted by atomic mass is 10.3. The van der Waals surface area contributed by atoms with Crippen molar-refractivity contribution in [3.8, 4) is 0 Å². The Hall–Kier alpha value is -0.950. The number of rotatable bonds is 4. The molecule has 0 aliphatic rings. The zero-order valence-electron chi connectivity index (χ0n) is 6.04. The summed E-state index contributed by atoms with van der Waals surface area (Å²) >= 11 is 0. The van der Waals surface area contributed by atoms with Crippen LogP contribution in [0.4, 0.5) is 26.3 Å². The third kappa shape index (κ3) is 4.00. The lowest BCUT2D eigenvalue weighted by Crippen LogP contribution is -2.43. The van der Waals surface area contributed by atoms with Gasteiger partial charge in [0.1, 0.15) is 0 Å². The number of nitrogens with one attached hydrogen (secondary N) is 1. The number of amides is 1. The smallest absolute Gasteiger partial charge is 0.324 e. The van der Waals surface area contributed by atoms with Gasteiger partial charge in [-0.05, 0) is 0 Å². The minimum atomic E-state index is -4.48. The standard InChI is InChI=1S/C5H5F6NO/c6-2(7)3(13)12-1-5(10,11)4(8)9/h2,4H,1H2,(H,12,13). The SMILES string of the molecule is O=C(NCC(F)(F)C(F)F)C(F)F. The average Bonchev–Trinajstić information content (AvgIpc) is 1.99. The summed E-state index contributed by atoms with van der Waals surface area (Å²) in [5, 5.41) is 0.985. The molecule has 0 heterocycles. The van der Waals surface area contributed by atoms with E-state index < -0.39 is 31.2 Å². The van der Waals surface area contributed by atoms with Crippen molar-refractivity contribution in [1.29, 1.82) is 0 Å². The summed E-state index contributed by atoms with van der Waals surface area (Å²) in [7, 11) is 0. The molecule has 0 aliphatic heterocycles. The maximum absolute atomic E-state index is 12.0. The Morgan fingerprint density at radius 2 is 1.69 bits per heavy atom. The normalized spacial score (nSPS) is 12.3. The molecule has 0 saturated heterocycles. The molecule has 0 aromatic rings. The molecule has 0 radical (unpaired) electrons. The largest absolute Gasteiger partial charge is 0.345 e. The van der Waals surface area contributed by atoms with Crippen molar-refractivity contribution in [1.82, 2.24) is 5.32 Å². The summed E-state index contributed by atoms with van der Waals surface area (Å²) in [5.74, 6) is -6.48. The Bertz CT molecular complexity index is 182. The second-order valence-corrected chi connectivity index (χ2v) is 2.08.